The Morgan fingerprint density at radius 3 is 2.00 bits per heavy atom. The summed E-state index contributed by atoms with van der Waals surface area (Å²) in [5.41, 5.74) is 6.78. The molecular weight excluding hydrogens is 394 g/mol. The predicted octanol–water partition coefficient (Wildman–Crippen LogP) is 3.21. The zero-order valence-electron chi connectivity index (χ0n) is 15.7. The number of nitrogens with one attached hydrogen (secondary N) is 2. The number of carbonyl (C=O) groups excluding carboxylic acids is 3. The summed E-state index contributed by atoms with van der Waals surface area (Å²) >= 11 is 5.86. The van der Waals surface area contributed by atoms with Gasteiger partial charge >= 0.3 is 12.1 Å². The second-order valence-electron chi connectivity index (χ2n) is 6.64. The number of rotatable bonds is 3. The average molecular weight is 416 g/mol. The first-order chi connectivity index (χ1) is 13.9. The fourth-order valence-corrected chi connectivity index (χ4v) is 3.21. The van der Waals surface area contributed by atoms with Gasteiger partial charge in [0.15, 0.2) is 0 Å². The Morgan fingerprint density at radius 1 is 0.793 bits per heavy atom. The standard InChI is InChI=1S/C20H22ClN5O3/c21-15-4-8-17(9-5-15)24-20(29)26-11-1-10-25(12-13-26)18(27)14-2-6-16(7-3-14)23-19(22)28/h2-9H,1,10-13H2,(H,24,29)(H3,22,23,28). The molecule has 5 amide bonds. The Kier molecular flexibility index (Phi) is 6.56. The minimum atomic E-state index is -0.659. The number of anilines is 2. The van der Waals surface area contributed by atoms with E-state index in [0.717, 1.165) is 0 Å². The van der Waals surface area contributed by atoms with Crippen molar-refractivity contribution in [1.29, 1.82) is 0 Å². The highest BCUT2D eigenvalue weighted by Crippen LogP contribution is 2.16. The Balaban J connectivity index is 1.57. The van der Waals surface area contributed by atoms with Gasteiger partial charge in [0, 0.05) is 48.1 Å². The van der Waals surface area contributed by atoms with Crippen LogP contribution in [0.4, 0.5) is 21.0 Å². The van der Waals surface area contributed by atoms with Crippen molar-refractivity contribution in [1.82, 2.24) is 9.80 Å². The number of carbonyl (C=O) groups is 3. The van der Waals surface area contributed by atoms with Gasteiger partial charge in [-0.25, -0.2) is 9.59 Å². The van der Waals surface area contributed by atoms with Crippen LogP contribution in [-0.4, -0.2) is 53.9 Å². The maximum Gasteiger partial charge on any atom is 0.321 e. The number of urea groups is 2. The van der Waals surface area contributed by atoms with Crippen LogP contribution >= 0.6 is 11.6 Å². The topological polar surface area (TPSA) is 108 Å². The molecule has 2 aromatic rings. The van der Waals surface area contributed by atoms with Gasteiger partial charge in [-0.3, -0.25) is 4.79 Å². The largest absolute Gasteiger partial charge is 0.351 e. The lowest BCUT2D eigenvalue weighted by molar-refractivity contribution is 0.0762. The molecule has 0 unspecified atom stereocenters. The average Bonchev–Trinajstić information content (AvgIpc) is 2.96. The van der Waals surface area contributed by atoms with Gasteiger partial charge < -0.3 is 26.2 Å². The van der Waals surface area contributed by atoms with Crippen molar-refractivity contribution < 1.29 is 14.4 Å². The molecular formula is C20H22ClN5O3. The normalized spacial score (nSPS) is 14.1. The zero-order valence-corrected chi connectivity index (χ0v) is 16.5. The second-order valence-corrected chi connectivity index (χ2v) is 7.07. The van der Waals surface area contributed by atoms with Crippen molar-refractivity contribution in [2.75, 3.05) is 36.8 Å². The van der Waals surface area contributed by atoms with Crippen LogP contribution < -0.4 is 16.4 Å². The number of benzene rings is 2. The quantitative estimate of drug-likeness (QED) is 0.716. The van der Waals surface area contributed by atoms with Gasteiger partial charge in [-0.1, -0.05) is 11.6 Å². The van der Waals surface area contributed by atoms with Gasteiger partial charge in [-0.05, 0) is 55.0 Å². The van der Waals surface area contributed by atoms with E-state index in [-0.39, 0.29) is 11.9 Å². The molecule has 0 radical (unpaired) electrons. The molecule has 9 heteroatoms. The van der Waals surface area contributed by atoms with Crippen molar-refractivity contribution in [3.05, 3.63) is 59.1 Å². The van der Waals surface area contributed by atoms with E-state index in [1.807, 2.05) is 0 Å². The van der Waals surface area contributed by atoms with Gasteiger partial charge in [-0.2, -0.15) is 0 Å². The highest BCUT2D eigenvalue weighted by molar-refractivity contribution is 6.30. The minimum Gasteiger partial charge on any atom is -0.351 e. The van der Waals surface area contributed by atoms with E-state index in [9.17, 15) is 14.4 Å². The van der Waals surface area contributed by atoms with Crippen LogP contribution in [0, 0.1) is 0 Å². The van der Waals surface area contributed by atoms with Crippen LogP contribution in [0.25, 0.3) is 0 Å². The van der Waals surface area contributed by atoms with E-state index >= 15 is 0 Å². The maximum atomic E-state index is 12.8. The van der Waals surface area contributed by atoms with Crippen LogP contribution in [0.2, 0.25) is 5.02 Å². The summed E-state index contributed by atoms with van der Waals surface area (Å²) in [5.74, 6) is -0.115. The van der Waals surface area contributed by atoms with Crippen molar-refractivity contribution >= 4 is 40.9 Å². The summed E-state index contributed by atoms with van der Waals surface area (Å²) < 4.78 is 0. The zero-order chi connectivity index (χ0) is 20.8. The maximum absolute atomic E-state index is 12.8. The molecule has 3 rings (SSSR count). The molecule has 0 saturated carbocycles. The lowest BCUT2D eigenvalue weighted by Gasteiger charge is -2.22. The molecule has 2 aromatic carbocycles. The molecule has 1 heterocycles. The molecule has 0 aliphatic carbocycles. The molecule has 1 saturated heterocycles. The summed E-state index contributed by atoms with van der Waals surface area (Å²) in [6, 6.07) is 12.6. The van der Waals surface area contributed by atoms with Crippen molar-refractivity contribution in [2.24, 2.45) is 5.73 Å². The first kappa shape index (κ1) is 20.5. The number of nitrogens with two attached hydrogens (primary N) is 1. The first-order valence-electron chi connectivity index (χ1n) is 9.19. The number of hydrogen-bond donors (Lipinski definition) is 3. The molecule has 0 bridgehead atoms. The molecule has 0 spiro atoms. The van der Waals surface area contributed by atoms with Crippen LogP contribution in [0.15, 0.2) is 48.5 Å². The minimum absolute atomic E-state index is 0.115. The molecule has 1 aliphatic rings. The van der Waals surface area contributed by atoms with Crippen molar-refractivity contribution in [3.63, 3.8) is 0 Å². The molecule has 152 valence electrons. The van der Waals surface area contributed by atoms with E-state index in [0.29, 0.717) is 54.6 Å². The monoisotopic (exact) mass is 415 g/mol. The van der Waals surface area contributed by atoms with E-state index in [1.165, 1.54) is 0 Å². The first-order valence-corrected chi connectivity index (χ1v) is 9.57. The number of amides is 5. The predicted molar refractivity (Wildman–Crippen MR) is 112 cm³/mol. The van der Waals surface area contributed by atoms with Crippen LogP contribution in [0.3, 0.4) is 0 Å². The summed E-state index contributed by atoms with van der Waals surface area (Å²) in [5, 5.41) is 5.90. The SMILES string of the molecule is NC(=O)Nc1ccc(C(=O)N2CCCN(C(=O)Nc3ccc(Cl)cc3)CC2)cc1. The fourth-order valence-electron chi connectivity index (χ4n) is 3.08. The van der Waals surface area contributed by atoms with Gasteiger partial charge in [-0.15, -0.1) is 0 Å². The fraction of sp³-hybridized carbons (Fsp3) is 0.250. The van der Waals surface area contributed by atoms with E-state index in [1.54, 1.807) is 58.3 Å². The Hall–Kier alpha value is -3.26. The number of primary amides is 1. The molecule has 1 aliphatic heterocycles. The van der Waals surface area contributed by atoms with E-state index in [2.05, 4.69) is 10.6 Å². The van der Waals surface area contributed by atoms with Gasteiger partial charge in [0.05, 0.1) is 0 Å². The molecule has 1 fully saturated rings. The van der Waals surface area contributed by atoms with Crippen LogP contribution in [0.1, 0.15) is 16.8 Å². The lowest BCUT2D eigenvalue weighted by Crippen LogP contribution is -2.39. The number of nitrogens with zero attached hydrogens (tertiary/aromatic N) is 2. The third-order valence-corrected chi connectivity index (χ3v) is 4.82. The Bertz CT molecular complexity index is 886. The lowest BCUT2D eigenvalue weighted by atomic mass is 10.1. The van der Waals surface area contributed by atoms with E-state index < -0.39 is 6.03 Å². The molecule has 8 nitrogen and oxygen atoms in total. The Morgan fingerprint density at radius 2 is 1.34 bits per heavy atom. The van der Waals surface area contributed by atoms with Gasteiger partial charge in [0.1, 0.15) is 0 Å². The van der Waals surface area contributed by atoms with Crippen molar-refractivity contribution in [2.45, 2.75) is 6.42 Å². The van der Waals surface area contributed by atoms with Crippen LogP contribution in [-0.2, 0) is 0 Å². The molecule has 29 heavy (non-hydrogen) atoms. The Labute approximate surface area is 173 Å². The summed E-state index contributed by atoms with van der Waals surface area (Å²) in [4.78, 5) is 39.6. The summed E-state index contributed by atoms with van der Waals surface area (Å²) in [6.45, 7) is 2.00. The third kappa shape index (κ3) is 5.61. The number of hydrogen-bond acceptors (Lipinski definition) is 3. The molecule has 0 aromatic heterocycles. The second kappa shape index (κ2) is 9.29. The highest BCUT2D eigenvalue weighted by atomic mass is 35.5. The number of halogens is 1. The smallest absolute Gasteiger partial charge is 0.321 e. The van der Waals surface area contributed by atoms with Crippen molar-refractivity contribution in [3.8, 4) is 0 Å². The van der Waals surface area contributed by atoms with Gasteiger partial charge in [0.25, 0.3) is 5.91 Å². The summed E-state index contributed by atoms with van der Waals surface area (Å²) in [6.07, 6.45) is 0.682. The van der Waals surface area contributed by atoms with Gasteiger partial charge in [0.2, 0.25) is 0 Å². The van der Waals surface area contributed by atoms with E-state index in [4.69, 9.17) is 17.3 Å². The molecule has 0 atom stereocenters. The highest BCUT2D eigenvalue weighted by Gasteiger charge is 2.23. The van der Waals surface area contributed by atoms with Crippen LogP contribution in [0.5, 0.6) is 0 Å². The summed E-state index contributed by atoms with van der Waals surface area (Å²) in [7, 11) is 0. The third-order valence-electron chi connectivity index (χ3n) is 4.57. The molecule has 4 N–H and O–H groups in total.